The lowest BCUT2D eigenvalue weighted by Gasteiger charge is -2.19. The lowest BCUT2D eigenvalue weighted by atomic mass is 10.1. The zero-order valence-corrected chi connectivity index (χ0v) is 14.0. The first-order valence-electron chi connectivity index (χ1n) is 7.14. The third-order valence-electron chi connectivity index (χ3n) is 3.80. The van der Waals surface area contributed by atoms with Gasteiger partial charge in [-0.05, 0) is 32.8 Å². The van der Waals surface area contributed by atoms with E-state index in [1.165, 1.54) is 10.8 Å². The SMILES string of the molecule is C=P(C)(C)CC[C@H]1OC(n2cc(C)c(N)nc2=O)[C@H](O)[C@@H]1O. The van der Waals surface area contributed by atoms with E-state index in [1.54, 1.807) is 6.92 Å². The molecule has 1 saturated heterocycles. The molecule has 4 N–H and O–H groups in total. The van der Waals surface area contributed by atoms with Crippen molar-refractivity contribution < 1.29 is 14.9 Å². The molecule has 1 aromatic heterocycles. The molecular formula is C14H24N3O4P. The van der Waals surface area contributed by atoms with Gasteiger partial charge in [-0.25, -0.2) is 4.79 Å². The molecule has 2 rings (SSSR count). The van der Waals surface area contributed by atoms with Crippen molar-refractivity contribution in [2.45, 2.75) is 37.9 Å². The molecule has 0 aromatic carbocycles. The maximum Gasteiger partial charge on any atom is 0.351 e. The number of hydrogen-bond acceptors (Lipinski definition) is 6. The Morgan fingerprint density at radius 2 is 2.09 bits per heavy atom. The van der Waals surface area contributed by atoms with Crippen molar-refractivity contribution in [3.05, 3.63) is 22.2 Å². The van der Waals surface area contributed by atoms with Gasteiger partial charge in [-0.3, -0.25) is 4.57 Å². The van der Waals surface area contributed by atoms with E-state index >= 15 is 0 Å². The molecule has 22 heavy (non-hydrogen) atoms. The average molecular weight is 329 g/mol. The van der Waals surface area contributed by atoms with Crippen LogP contribution in [0.3, 0.4) is 0 Å². The molecule has 8 heteroatoms. The van der Waals surface area contributed by atoms with Gasteiger partial charge in [0.2, 0.25) is 0 Å². The van der Waals surface area contributed by atoms with Crippen LogP contribution in [0.4, 0.5) is 5.82 Å². The minimum absolute atomic E-state index is 0.148. The van der Waals surface area contributed by atoms with E-state index in [9.17, 15) is 15.0 Å². The molecule has 1 aromatic rings. The second-order valence-electron chi connectivity index (χ2n) is 6.49. The number of nitrogens with zero attached hydrogens (tertiary/aromatic N) is 2. The summed E-state index contributed by atoms with van der Waals surface area (Å²) >= 11 is 0. The maximum absolute atomic E-state index is 11.9. The van der Waals surface area contributed by atoms with Gasteiger partial charge in [0.25, 0.3) is 0 Å². The number of ether oxygens (including phenoxy) is 1. The van der Waals surface area contributed by atoms with Crippen LogP contribution in [0.5, 0.6) is 0 Å². The summed E-state index contributed by atoms with van der Waals surface area (Å²) in [6.07, 6.45) is 3.34. The van der Waals surface area contributed by atoms with Gasteiger partial charge in [0.05, 0.1) is 6.10 Å². The Labute approximate surface area is 129 Å². The van der Waals surface area contributed by atoms with Crippen molar-refractivity contribution in [2.24, 2.45) is 0 Å². The number of rotatable bonds is 4. The van der Waals surface area contributed by atoms with Crippen molar-refractivity contribution >= 4 is 19.0 Å². The lowest BCUT2D eigenvalue weighted by molar-refractivity contribution is -0.0402. The highest BCUT2D eigenvalue weighted by molar-refractivity contribution is 7.72. The molecule has 1 aliphatic rings. The van der Waals surface area contributed by atoms with Crippen LogP contribution in [-0.4, -0.2) is 63.9 Å². The third-order valence-corrected chi connectivity index (χ3v) is 5.27. The van der Waals surface area contributed by atoms with Gasteiger partial charge in [0, 0.05) is 11.8 Å². The Bertz CT molecular complexity index is 654. The predicted molar refractivity (Wildman–Crippen MR) is 88.9 cm³/mol. The van der Waals surface area contributed by atoms with Gasteiger partial charge in [0.15, 0.2) is 6.23 Å². The molecule has 7 nitrogen and oxygen atoms in total. The second-order valence-corrected chi connectivity index (χ2v) is 10.8. The van der Waals surface area contributed by atoms with Gasteiger partial charge < -0.3 is 20.7 Å². The number of hydrogen-bond donors (Lipinski definition) is 3. The number of aliphatic hydroxyl groups is 2. The Kier molecular flexibility index (Phi) is 4.82. The van der Waals surface area contributed by atoms with E-state index in [0.717, 1.165) is 6.16 Å². The van der Waals surface area contributed by atoms with Crippen LogP contribution >= 0.6 is 6.89 Å². The molecule has 0 spiro atoms. The summed E-state index contributed by atoms with van der Waals surface area (Å²) < 4.78 is 6.90. The molecule has 0 bridgehead atoms. The zero-order valence-electron chi connectivity index (χ0n) is 13.1. The minimum Gasteiger partial charge on any atom is -0.388 e. The first-order valence-corrected chi connectivity index (χ1v) is 10.2. The van der Waals surface area contributed by atoms with Gasteiger partial charge >= 0.3 is 5.69 Å². The summed E-state index contributed by atoms with van der Waals surface area (Å²) in [6.45, 7) is 4.66. The molecule has 1 fully saturated rings. The van der Waals surface area contributed by atoms with E-state index in [4.69, 9.17) is 10.5 Å². The molecule has 4 atom stereocenters. The second kappa shape index (κ2) is 6.16. The number of anilines is 1. The number of nitrogen functional groups attached to an aromatic ring is 1. The van der Waals surface area contributed by atoms with E-state index in [1.807, 2.05) is 0 Å². The molecule has 2 heterocycles. The molecule has 1 aliphatic heterocycles. The van der Waals surface area contributed by atoms with E-state index < -0.39 is 37.1 Å². The highest BCUT2D eigenvalue weighted by Crippen LogP contribution is 2.39. The quantitative estimate of drug-likeness (QED) is 0.663. The van der Waals surface area contributed by atoms with Crippen molar-refractivity contribution in [1.29, 1.82) is 0 Å². The Balaban J connectivity index is 2.22. The molecular weight excluding hydrogens is 305 g/mol. The summed E-state index contributed by atoms with van der Waals surface area (Å²) in [5.41, 5.74) is 5.60. The Morgan fingerprint density at radius 1 is 1.45 bits per heavy atom. The van der Waals surface area contributed by atoms with Crippen LogP contribution in [0.2, 0.25) is 0 Å². The van der Waals surface area contributed by atoms with Crippen molar-refractivity contribution in [3.63, 3.8) is 0 Å². The molecule has 0 aliphatic carbocycles. The van der Waals surface area contributed by atoms with Crippen molar-refractivity contribution in [2.75, 3.05) is 25.2 Å². The standard InChI is InChI=1S/C14H24N3O4P/c1-8-7-17(14(20)16-12(8)15)13-11(19)10(18)9(21-13)5-6-22(2,3)4/h7,9-11,13,18-19H,2,5-6H2,1,3-4H3,(H2,15,16,20)/t9-,10-,11-,13?/m1/s1. The Morgan fingerprint density at radius 3 is 2.68 bits per heavy atom. The van der Waals surface area contributed by atoms with Crippen LogP contribution in [0.1, 0.15) is 18.2 Å². The largest absolute Gasteiger partial charge is 0.388 e. The molecule has 124 valence electrons. The fourth-order valence-corrected chi connectivity index (χ4v) is 3.39. The van der Waals surface area contributed by atoms with Gasteiger partial charge in [-0.2, -0.15) is 4.98 Å². The van der Waals surface area contributed by atoms with Crippen molar-refractivity contribution in [3.8, 4) is 0 Å². The lowest BCUT2D eigenvalue weighted by Crippen LogP contribution is -2.36. The highest BCUT2D eigenvalue weighted by Gasteiger charge is 2.43. The first-order chi connectivity index (χ1) is 10.1. The van der Waals surface area contributed by atoms with Crippen LogP contribution in [0, 0.1) is 6.92 Å². The molecule has 1 unspecified atom stereocenters. The topological polar surface area (TPSA) is 111 Å². The fraction of sp³-hybridized carbons (Fsp3) is 0.643. The van der Waals surface area contributed by atoms with Crippen LogP contribution < -0.4 is 11.4 Å². The number of nitrogens with two attached hydrogens (primary N) is 1. The first kappa shape index (κ1) is 17.2. The highest BCUT2D eigenvalue weighted by atomic mass is 31.2. The summed E-state index contributed by atoms with van der Waals surface area (Å²) in [7, 11) is 0. The predicted octanol–water partition coefficient (Wildman–Crippen LogP) is -0.148. The maximum atomic E-state index is 11.9. The summed E-state index contributed by atoms with van der Waals surface area (Å²) in [4.78, 5) is 15.6. The van der Waals surface area contributed by atoms with Crippen molar-refractivity contribution in [1.82, 2.24) is 9.55 Å². The number of aryl methyl sites for hydroxylation is 1. The fourth-order valence-electron chi connectivity index (χ4n) is 2.44. The zero-order chi connectivity index (χ0) is 16.7. The van der Waals surface area contributed by atoms with Crippen LogP contribution in [-0.2, 0) is 4.74 Å². The summed E-state index contributed by atoms with van der Waals surface area (Å²) in [5, 5.41) is 20.4. The molecule has 0 amide bonds. The van der Waals surface area contributed by atoms with Gasteiger partial charge in [-0.15, -0.1) is 13.2 Å². The van der Waals surface area contributed by atoms with Crippen LogP contribution in [0.15, 0.2) is 11.0 Å². The van der Waals surface area contributed by atoms with E-state index in [-0.39, 0.29) is 5.82 Å². The van der Waals surface area contributed by atoms with E-state index in [0.29, 0.717) is 12.0 Å². The monoisotopic (exact) mass is 329 g/mol. The normalized spacial score (nSPS) is 29.0. The van der Waals surface area contributed by atoms with Crippen LogP contribution in [0.25, 0.3) is 0 Å². The third kappa shape index (κ3) is 3.60. The molecule has 0 saturated carbocycles. The van der Waals surface area contributed by atoms with E-state index in [2.05, 4.69) is 24.6 Å². The minimum atomic E-state index is -1.25. The van der Waals surface area contributed by atoms with Gasteiger partial charge in [-0.1, -0.05) is 0 Å². The number of aromatic nitrogens is 2. The van der Waals surface area contributed by atoms with Gasteiger partial charge in [0.1, 0.15) is 18.0 Å². The number of aliphatic hydroxyl groups excluding tert-OH is 2. The average Bonchev–Trinajstić information content (AvgIpc) is 2.68. The smallest absolute Gasteiger partial charge is 0.351 e. The summed E-state index contributed by atoms with van der Waals surface area (Å²) in [5.74, 6) is 0.148. The molecule has 0 radical (unpaired) electrons. The summed E-state index contributed by atoms with van der Waals surface area (Å²) in [6, 6.07) is 0. The Hall–Kier alpha value is -1.14.